The first-order valence-corrected chi connectivity index (χ1v) is 9.02. The summed E-state index contributed by atoms with van der Waals surface area (Å²) < 4.78 is 7.21. The highest BCUT2D eigenvalue weighted by molar-refractivity contribution is 5.77. The van der Waals surface area contributed by atoms with E-state index in [2.05, 4.69) is 30.6 Å². The van der Waals surface area contributed by atoms with Gasteiger partial charge in [-0.15, -0.1) is 5.10 Å². The summed E-state index contributed by atoms with van der Waals surface area (Å²) in [6.07, 6.45) is 3.60. The number of carbonyl (C=O) groups is 1. The van der Waals surface area contributed by atoms with Crippen molar-refractivity contribution in [2.24, 2.45) is 5.92 Å². The van der Waals surface area contributed by atoms with Crippen molar-refractivity contribution in [1.82, 2.24) is 29.9 Å². The van der Waals surface area contributed by atoms with Crippen molar-refractivity contribution in [1.29, 1.82) is 0 Å². The van der Waals surface area contributed by atoms with Gasteiger partial charge >= 0.3 is 5.97 Å². The van der Waals surface area contributed by atoms with Crippen LogP contribution in [0.3, 0.4) is 0 Å². The van der Waals surface area contributed by atoms with Crippen LogP contribution in [0.25, 0.3) is 28.0 Å². The highest BCUT2D eigenvalue weighted by Gasteiger charge is 2.30. The lowest BCUT2D eigenvalue weighted by Crippen LogP contribution is -2.19. The Morgan fingerprint density at radius 1 is 1.29 bits per heavy atom. The van der Waals surface area contributed by atoms with Gasteiger partial charge in [-0.05, 0) is 31.4 Å². The second-order valence-electron chi connectivity index (χ2n) is 6.98. The number of benzene rings is 1. The summed E-state index contributed by atoms with van der Waals surface area (Å²) in [5.74, 6) is -0.0316. The maximum absolute atomic E-state index is 11.1. The Morgan fingerprint density at radius 2 is 2.18 bits per heavy atom. The van der Waals surface area contributed by atoms with E-state index >= 15 is 0 Å². The van der Waals surface area contributed by atoms with Crippen LogP contribution in [0.2, 0.25) is 0 Å². The Bertz CT molecular complexity index is 1200. The molecule has 2 atom stereocenters. The fourth-order valence-electron chi connectivity index (χ4n) is 3.65. The van der Waals surface area contributed by atoms with Crippen LogP contribution < -0.4 is 5.32 Å². The minimum absolute atomic E-state index is 0.0383. The van der Waals surface area contributed by atoms with Crippen LogP contribution in [0, 0.1) is 12.8 Å². The van der Waals surface area contributed by atoms with Crippen molar-refractivity contribution in [3.05, 3.63) is 30.3 Å². The summed E-state index contributed by atoms with van der Waals surface area (Å²) in [7, 11) is 0. The van der Waals surface area contributed by atoms with Crippen LogP contribution in [0.15, 0.2) is 28.8 Å². The molecule has 1 aromatic carbocycles. The number of nitrogens with one attached hydrogen (secondary N) is 1. The molecule has 5 rings (SSSR count). The van der Waals surface area contributed by atoms with Crippen molar-refractivity contribution in [2.75, 3.05) is 5.32 Å². The van der Waals surface area contributed by atoms with Crippen LogP contribution in [-0.4, -0.2) is 47.1 Å². The molecule has 3 aromatic heterocycles. The standard InChI is InChI=1S/C18H17N7O3/c1-9-20-13-5-4-12(7-15(13)28-9)25-16-14(23-24-25)8-19-18(22-16)21-11-3-2-10(6-11)17(26)27/h4-5,7-8,10-11H,2-3,6H2,1H3,(H,26,27)(H,19,21,22)/t10-,11+/m0/s1. The monoisotopic (exact) mass is 379 g/mol. The summed E-state index contributed by atoms with van der Waals surface area (Å²) in [6, 6.07) is 5.62. The number of carboxylic acid groups (broad SMARTS) is 1. The molecule has 28 heavy (non-hydrogen) atoms. The second-order valence-corrected chi connectivity index (χ2v) is 6.98. The van der Waals surface area contributed by atoms with Crippen LogP contribution in [0.4, 0.5) is 5.95 Å². The molecule has 0 bridgehead atoms. The van der Waals surface area contributed by atoms with Crippen LogP contribution in [0.1, 0.15) is 25.2 Å². The average Bonchev–Trinajstić information content (AvgIpc) is 3.38. The van der Waals surface area contributed by atoms with Crippen molar-refractivity contribution in [3.63, 3.8) is 0 Å². The van der Waals surface area contributed by atoms with Gasteiger partial charge in [0.25, 0.3) is 0 Å². The Balaban J connectivity index is 1.47. The number of anilines is 1. The summed E-state index contributed by atoms with van der Waals surface area (Å²) >= 11 is 0. The van der Waals surface area contributed by atoms with Gasteiger partial charge in [0.1, 0.15) is 5.52 Å². The normalized spacial score (nSPS) is 19.5. The number of aryl methyl sites for hydroxylation is 1. The molecule has 0 spiro atoms. The quantitative estimate of drug-likeness (QED) is 0.548. The molecule has 10 nitrogen and oxygen atoms in total. The molecular formula is C18H17N7O3. The highest BCUT2D eigenvalue weighted by atomic mass is 16.4. The van der Waals surface area contributed by atoms with Gasteiger partial charge in [-0.25, -0.2) is 9.97 Å². The van der Waals surface area contributed by atoms with Crippen LogP contribution in [0.5, 0.6) is 0 Å². The van der Waals surface area contributed by atoms with Gasteiger partial charge in [0.15, 0.2) is 22.6 Å². The van der Waals surface area contributed by atoms with Crippen molar-refractivity contribution in [2.45, 2.75) is 32.2 Å². The number of hydrogen-bond donors (Lipinski definition) is 2. The first-order chi connectivity index (χ1) is 13.6. The lowest BCUT2D eigenvalue weighted by atomic mass is 10.1. The van der Waals surface area contributed by atoms with Gasteiger partial charge in [0, 0.05) is 19.0 Å². The summed E-state index contributed by atoms with van der Waals surface area (Å²) in [5, 5.41) is 20.7. The fraction of sp³-hybridized carbons (Fsp3) is 0.333. The molecule has 0 unspecified atom stereocenters. The molecule has 3 heterocycles. The molecule has 0 radical (unpaired) electrons. The largest absolute Gasteiger partial charge is 0.481 e. The van der Waals surface area contributed by atoms with E-state index < -0.39 is 5.97 Å². The Hall–Kier alpha value is -3.56. The zero-order valence-corrected chi connectivity index (χ0v) is 15.0. The van der Waals surface area contributed by atoms with E-state index in [1.54, 1.807) is 17.8 Å². The van der Waals surface area contributed by atoms with Crippen LogP contribution in [-0.2, 0) is 4.79 Å². The molecule has 1 aliphatic carbocycles. The van der Waals surface area contributed by atoms with E-state index in [0.29, 0.717) is 41.4 Å². The number of nitrogens with zero attached hydrogens (tertiary/aromatic N) is 6. The SMILES string of the molecule is Cc1nc2ccc(-n3nnc4cnc(N[C@@H]5CC[C@H](C(=O)O)C5)nc43)cc2o1. The minimum Gasteiger partial charge on any atom is -0.481 e. The third-order valence-electron chi connectivity index (χ3n) is 5.03. The lowest BCUT2D eigenvalue weighted by Gasteiger charge is -2.12. The predicted octanol–water partition coefficient (Wildman–Crippen LogP) is 2.33. The van der Waals surface area contributed by atoms with E-state index in [9.17, 15) is 4.79 Å². The molecular weight excluding hydrogens is 362 g/mol. The number of aromatic nitrogens is 6. The molecule has 142 valence electrons. The molecule has 1 aliphatic rings. The number of carboxylic acids is 1. The topological polar surface area (TPSA) is 132 Å². The van der Waals surface area contributed by atoms with E-state index in [1.807, 2.05) is 18.2 Å². The van der Waals surface area contributed by atoms with Gasteiger partial charge in [-0.3, -0.25) is 4.79 Å². The number of rotatable bonds is 4. The smallest absolute Gasteiger partial charge is 0.306 e. The number of aliphatic carboxylic acids is 1. The van der Waals surface area contributed by atoms with Gasteiger partial charge < -0.3 is 14.8 Å². The van der Waals surface area contributed by atoms with E-state index in [0.717, 1.165) is 17.6 Å². The Morgan fingerprint density at radius 3 is 3.00 bits per heavy atom. The minimum atomic E-state index is -0.749. The fourth-order valence-corrected chi connectivity index (χ4v) is 3.65. The van der Waals surface area contributed by atoms with Gasteiger partial charge in [0.05, 0.1) is 17.8 Å². The first kappa shape index (κ1) is 16.6. The van der Waals surface area contributed by atoms with Gasteiger partial charge in [0.2, 0.25) is 5.95 Å². The molecule has 1 fully saturated rings. The molecule has 0 amide bonds. The van der Waals surface area contributed by atoms with E-state index in [-0.39, 0.29) is 12.0 Å². The number of oxazole rings is 1. The first-order valence-electron chi connectivity index (χ1n) is 9.02. The summed E-state index contributed by atoms with van der Waals surface area (Å²) in [4.78, 5) is 24.3. The van der Waals surface area contributed by atoms with Crippen LogP contribution >= 0.6 is 0 Å². The molecule has 10 heteroatoms. The third kappa shape index (κ3) is 2.82. The maximum atomic E-state index is 11.1. The molecule has 0 aliphatic heterocycles. The van der Waals surface area contributed by atoms with Crippen molar-refractivity contribution in [3.8, 4) is 5.69 Å². The Kier molecular flexibility index (Phi) is 3.71. The molecule has 0 saturated heterocycles. The molecule has 1 saturated carbocycles. The van der Waals surface area contributed by atoms with Gasteiger partial charge in [-0.2, -0.15) is 9.67 Å². The zero-order valence-electron chi connectivity index (χ0n) is 15.0. The average molecular weight is 379 g/mol. The molecule has 4 aromatic rings. The van der Waals surface area contributed by atoms with E-state index in [4.69, 9.17) is 9.52 Å². The molecule has 2 N–H and O–H groups in total. The number of fused-ring (bicyclic) bond motifs is 2. The zero-order chi connectivity index (χ0) is 19.3. The highest BCUT2D eigenvalue weighted by Crippen LogP contribution is 2.28. The lowest BCUT2D eigenvalue weighted by molar-refractivity contribution is -0.141. The van der Waals surface area contributed by atoms with Gasteiger partial charge in [-0.1, -0.05) is 5.21 Å². The maximum Gasteiger partial charge on any atom is 0.306 e. The second kappa shape index (κ2) is 6.25. The van der Waals surface area contributed by atoms with Crippen molar-refractivity contribution < 1.29 is 14.3 Å². The predicted molar refractivity (Wildman–Crippen MR) is 99.1 cm³/mol. The summed E-state index contributed by atoms with van der Waals surface area (Å²) in [6.45, 7) is 1.80. The summed E-state index contributed by atoms with van der Waals surface area (Å²) in [5.41, 5.74) is 3.31. The third-order valence-corrected chi connectivity index (χ3v) is 5.03. The van der Waals surface area contributed by atoms with Crippen molar-refractivity contribution >= 4 is 34.2 Å². The number of hydrogen-bond acceptors (Lipinski definition) is 8. The van der Waals surface area contributed by atoms with E-state index in [1.165, 1.54) is 0 Å². The Labute approximate surface area is 158 Å².